The Kier molecular flexibility index (Phi) is 5.08. The maximum Gasteiger partial charge on any atom is 0.224 e. The molecule has 0 saturated heterocycles. The van der Waals surface area contributed by atoms with E-state index in [-0.39, 0.29) is 5.28 Å². The number of hydrogen-bond donors (Lipinski definition) is 1. The monoisotopic (exact) mass is 357 g/mol. The van der Waals surface area contributed by atoms with Crippen LogP contribution in [0, 0.1) is 0 Å². The number of rotatable bonds is 3. The number of fused-ring (bicyclic) bond motifs is 1. The van der Waals surface area contributed by atoms with Gasteiger partial charge in [-0.25, -0.2) is 9.97 Å². The topological polar surface area (TPSA) is 55.6 Å². The zero-order valence-corrected chi connectivity index (χ0v) is 14.8. The van der Waals surface area contributed by atoms with Gasteiger partial charge in [-0.05, 0) is 35.2 Å². The number of imidazole rings is 1. The molecule has 3 heterocycles. The number of anilines is 2. The normalized spacial score (nSPS) is 10.3. The molecule has 0 amide bonds. The standard InChI is InChI=1S/C15H10ClN5S.C2H6/c16-15-18-11-6-7-22-13(11)14(20-15)19-12-8-21(9-17-12)10-4-2-1-3-5-10;1-2/h1-9H,(H,18,19,20);1-2H3. The Bertz CT molecular complexity index is 932. The lowest BCUT2D eigenvalue weighted by atomic mass is 10.3. The van der Waals surface area contributed by atoms with Crippen molar-refractivity contribution in [2.75, 3.05) is 5.32 Å². The second kappa shape index (κ2) is 7.42. The summed E-state index contributed by atoms with van der Waals surface area (Å²) in [6.45, 7) is 4.00. The lowest BCUT2D eigenvalue weighted by Gasteiger charge is -2.04. The van der Waals surface area contributed by atoms with Crippen LogP contribution in [-0.2, 0) is 0 Å². The van der Waals surface area contributed by atoms with Gasteiger partial charge in [0.2, 0.25) is 5.28 Å². The van der Waals surface area contributed by atoms with Crippen molar-refractivity contribution in [3.05, 3.63) is 59.6 Å². The lowest BCUT2D eigenvalue weighted by Crippen LogP contribution is -1.96. The van der Waals surface area contributed by atoms with Crippen LogP contribution in [-0.4, -0.2) is 19.5 Å². The molecule has 122 valence electrons. The van der Waals surface area contributed by atoms with E-state index >= 15 is 0 Å². The van der Waals surface area contributed by atoms with Gasteiger partial charge in [0.1, 0.15) is 12.1 Å². The van der Waals surface area contributed by atoms with E-state index in [1.165, 1.54) is 0 Å². The number of halogens is 1. The summed E-state index contributed by atoms with van der Waals surface area (Å²) < 4.78 is 2.90. The fourth-order valence-corrected chi connectivity index (χ4v) is 3.12. The van der Waals surface area contributed by atoms with Crippen molar-refractivity contribution in [3.8, 4) is 5.69 Å². The second-order valence-corrected chi connectivity index (χ2v) is 5.86. The highest BCUT2D eigenvalue weighted by atomic mass is 35.5. The number of nitrogens with zero attached hydrogens (tertiary/aromatic N) is 4. The molecular formula is C17H16ClN5S. The van der Waals surface area contributed by atoms with Crippen LogP contribution in [0.25, 0.3) is 15.9 Å². The Labute approximate surface area is 149 Å². The molecule has 24 heavy (non-hydrogen) atoms. The van der Waals surface area contributed by atoms with E-state index in [4.69, 9.17) is 11.6 Å². The van der Waals surface area contributed by atoms with Crippen LogP contribution in [0.1, 0.15) is 13.8 Å². The summed E-state index contributed by atoms with van der Waals surface area (Å²) >= 11 is 7.53. The molecule has 3 aromatic heterocycles. The van der Waals surface area contributed by atoms with Gasteiger partial charge in [-0.1, -0.05) is 32.0 Å². The number of thiophene rings is 1. The van der Waals surface area contributed by atoms with Gasteiger partial charge in [0.15, 0.2) is 5.82 Å². The number of nitrogens with one attached hydrogen (secondary N) is 1. The summed E-state index contributed by atoms with van der Waals surface area (Å²) in [5.74, 6) is 1.37. The van der Waals surface area contributed by atoms with Gasteiger partial charge >= 0.3 is 0 Å². The molecule has 7 heteroatoms. The highest BCUT2D eigenvalue weighted by Crippen LogP contribution is 2.29. The first kappa shape index (κ1) is 16.4. The van der Waals surface area contributed by atoms with E-state index in [9.17, 15) is 0 Å². The third-order valence-corrected chi connectivity index (χ3v) is 4.24. The molecule has 1 aromatic carbocycles. The van der Waals surface area contributed by atoms with Gasteiger partial charge in [0.05, 0.1) is 16.4 Å². The Morgan fingerprint density at radius 1 is 1.08 bits per heavy atom. The summed E-state index contributed by atoms with van der Waals surface area (Å²) in [7, 11) is 0. The number of para-hydroxylation sites is 1. The van der Waals surface area contributed by atoms with E-state index in [2.05, 4.69) is 20.3 Å². The quantitative estimate of drug-likeness (QED) is 0.505. The highest BCUT2D eigenvalue weighted by Gasteiger charge is 2.09. The predicted octanol–water partition coefficient (Wildman–Crippen LogP) is 5.30. The minimum Gasteiger partial charge on any atom is -0.322 e. The first-order valence-electron chi connectivity index (χ1n) is 7.57. The van der Waals surface area contributed by atoms with Crippen molar-refractivity contribution in [1.82, 2.24) is 19.5 Å². The third kappa shape index (κ3) is 3.39. The van der Waals surface area contributed by atoms with E-state index in [0.29, 0.717) is 11.6 Å². The molecule has 0 unspecified atom stereocenters. The summed E-state index contributed by atoms with van der Waals surface area (Å²) in [5, 5.41) is 5.39. The Hall–Kier alpha value is -2.44. The van der Waals surface area contributed by atoms with Crippen molar-refractivity contribution in [3.63, 3.8) is 0 Å². The molecule has 0 aliphatic rings. The van der Waals surface area contributed by atoms with Gasteiger partial charge < -0.3 is 9.88 Å². The SMILES string of the molecule is CC.Clc1nc(Nc2cn(-c3ccccc3)cn2)c2sccc2n1. The van der Waals surface area contributed by atoms with Crippen molar-refractivity contribution in [2.45, 2.75) is 13.8 Å². The fourth-order valence-electron chi connectivity index (χ4n) is 2.17. The molecule has 0 bridgehead atoms. The van der Waals surface area contributed by atoms with Crippen LogP contribution in [0.15, 0.2) is 54.3 Å². The molecule has 0 spiro atoms. The van der Waals surface area contributed by atoms with Crippen LogP contribution in [0.2, 0.25) is 5.28 Å². The average molecular weight is 358 g/mol. The van der Waals surface area contributed by atoms with Gasteiger partial charge in [-0.15, -0.1) is 11.3 Å². The number of aromatic nitrogens is 4. The first-order valence-corrected chi connectivity index (χ1v) is 8.82. The average Bonchev–Trinajstić information content (AvgIpc) is 3.27. The predicted molar refractivity (Wildman–Crippen MR) is 101 cm³/mol. The summed E-state index contributed by atoms with van der Waals surface area (Å²) in [4.78, 5) is 12.8. The number of hydrogen-bond acceptors (Lipinski definition) is 5. The van der Waals surface area contributed by atoms with Crippen LogP contribution in [0.4, 0.5) is 11.6 Å². The minimum absolute atomic E-state index is 0.218. The maximum absolute atomic E-state index is 5.96. The smallest absolute Gasteiger partial charge is 0.224 e. The van der Waals surface area contributed by atoms with Crippen molar-refractivity contribution < 1.29 is 0 Å². The molecule has 4 aromatic rings. The summed E-state index contributed by atoms with van der Waals surface area (Å²) in [5.41, 5.74) is 1.88. The largest absolute Gasteiger partial charge is 0.322 e. The molecule has 4 rings (SSSR count). The fraction of sp³-hybridized carbons (Fsp3) is 0.118. The molecule has 0 radical (unpaired) electrons. The molecular weight excluding hydrogens is 342 g/mol. The Balaban J connectivity index is 0.000000815. The van der Waals surface area contributed by atoms with Crippen LogP contribution >= 0.6 is 22.9 Å². The zero-order chi connectivity index (χ0) is 16.9. The second-order valence-electron chi connectivity index (χ2n) is 4.60. The van der Waals surface area contributed by atoms with Gasteiger partial charge in [0, 0.05) is 5.69 Å². The molecule has 0 aliphatic carbocycles. The Morgan fingerprint density at radius 2 is 1.88 bits per heavy atom. The first-order chi connectivity index (χ1) is 11.8. The molecule has 0 fully saturated rings. The molecule has 0 saturated carbocycles. The molecule has 1 N–H and O–H groups in total. The van der Waals surface area contributed by atoms with Gasteiger partial charge in [-0.2, -0.15) is 4.98 Å². The van der Waals surface area contributed by atoms with Gasteiger partial charge in [-0.3, -0.25) is 0 Å². The summed E-state index contributed by atoms with van der Waals surface area (Å²) in [6.07, 6.45) is 3.66. The summed E-state index contributed by atoms with van der Waals surface area (Å²) in [6, 6.07) is 11.9. The van der Waals surface area contributed by atoms with E-state index in [0.717, 1.165) is 15.9 Å². The van der Waals surface area contributed by atoms with Crippen LogP contribution in [0.3, 0.4) is 0 Å². The van der Waals surface area contributed by atoms with Crippen LogP contribution < -0.4 is 5.32 Å². The minimum atomic E-state index is 0.218. The zero-order valence-electron chi connectivity index (χ0n) is 13.3. The molecule has 0 aliphatic heterocycles. The molecule has 5 nitrogen and oxygen atoms in total. The lowest BCUT2D eigenvalue weighted by molar-refractivity contribution is 1.06. The van der Waals surface area contributed by atoms with E-state index < -0.39 is 0 Å². The van der Waals surface area contributed by atoms with Crippen molar-refractivity contribution >= 4 is 44.8 Å². The highest BCUT2D eigenvalue weighted by molar-refractivity contribution is 7.17. The maximum atomic E-state index is 5.96. The van der Waals surface area contributed by atoms with E-state index in [1.807, 2.05) is 66.4 Å². The van der Waals surface area contributed by atoms with E-state index in [1.54, 1.807) is 17.7 Å². The number of benzene rings is 1. The van der Waals surface area contributed by atoms with Crippen molar-refractivity contribution in [1.29, 1.82) is 0 Å². The Morgan fingerprint density at radius 3 is 2.67 bits per heavy atom. The van der Waals surface area contributed by atoms with Gasteiger partial charge in [0.25, 0.3) is 0 Å². The third-order valence-electron chi connectivity index (χ3n) is 3.16. The van der Waals surface area contributed by atoms with Crippen LogP contribution in [0.5, 0.6) is 0 Å². The van der Waals surface area contributed by atoms with Crippen molar-refractivity contribution in [2.24, 2.45) is 0 Å². The molecule has 0 atom stereocenters.